The van der Waals surface area contributed by atoms with E-state index in [2.05, 4.69) is 26.1 Å². The lowest BCUT2D eigenvalue weighted by Crippen LogP contribution is -2.40. The Kier molecular flexibility index (Phi) is 7.60. The minimum Gasteiger partial charge on any atom is -0.377 e. The van der Waals surface area contributed by atoms with E-state index in [1.807, 2.05) is 13.8 Å². The minimum absolute atomic E-state index is 0.0939. The third kappa shape index (κ3) is 8.22. The number of carbonyl (C=O) groups excluding carboxylic acids is 1. The lowest BCUT2D eigenvalue weighted by molar-refractivity contribution is -0.122. The van der Waals surface area contributed by atoms with Crippen LogP contribution < -0.4 is 11.1 Å². The van der Waals surface area contributed by atoms with Crippen molar-refractivity contribution in [2.75, 3.05) is 20.2 Å². The Morgan fingerprint density at radius 3 is 2.21 bits per heavy atom. The summed E-state index contributed by atoms with van der Waals surface area (Å²) >= 11 is 0. The number of hydrogen-bond donors (Lipinski definition) is 2. The number of amides is 1. The molecule has 3 N–H and O–H groups in total. The van der Waals surface area contributed by atoms with Crippen LogP contribution in [0.4, 0.5) is 0 Å². The predicted molar refractivity (Wildman–Crippen MR) is 79.9 cm³/mol. The van der Waals surface area contributed by atoms with E-state index in [1.165, 1.54) is 0 Å². The molecule has 0 aliphatic rings. The molecule has 0 aliphatic heterocycles. The maximum atomic E-state index is 11.8. The van der Waals surface area contributed by atoms with Crippen LogP contribution in [0.15, 0.2) is 0 Å². The molecule has 0 rings (SSSR count). The van der Waals surface area contributed by atoms with E-state index in [4.69, 9.17) is 10.5 Å². The summed E-state index contributed by atoms with van der Waals surface area (Å²) in [6.07, 6.45) is 2.42. The monoisotopic (exact) mass is 272 g/mol. The first-order chi connectivity index (χ1) is 8.62. The van der Waals surface area contributed by atoms with Crippen molar-refractivity contribution in [3.05, 3.63) is 0 Å². The zero-order valence-electron chi connectivity index (χ0n) is 13.5. The largest absolute Gasteiger partial charge is 0.377 e. The van der Waals surface area contributed by atoms with E-state index < -0.39 is 0 Å². The van der Waals surface area contributed by atoms with Crippen LogP contribution in [0, 0.1) is 11.3 Å². The third-order valence-electron chi connectivity index (χ3n) is 3.72. The van der Waals surface area contributed by atoms with Gasteiger partial charge in [-0.15, -0.1) is 0 Å². The Morgan fingerprint density at radius 2 is 1.79 bits per heavy atom. The molecule has 0 aliphatic carbocycles. The number of carbonyl (C=O) groups is 1. The summed E-state index contributed by atoms with van der Waals surface area (Å²) in [6, 6.07) is 0. The van der Waals surface area contributed by atoms with Crippen molar-refractivity contribution in [3.63, 3.8) is 0 Å². The number of ether oxygens (including phenoxy) is 1. The number of nitrogens with two attached hydrogens (primary N) is 1. The third-order valence-corrected chi connectivity index (χ3v) is 3.72. The SMILES string of the molecule is COC(C)(C)CNC(=O)CCC(CCN)C(C)(C)C. The number of rotatable bonds is 8. The quantitative estimate of drug-likeness (QED) is 0.712. The Hall–Kier alpha value is -0.610. The molecule has 1 atom stereocenters. The molecule has 0 saturated carbocycles. The molecule has 0 fully saturated rings. The van der Waals surface area contributed by atoms with Gasteiger partial charge < -0.3 is 15.8 Å². The van der Waals surface area contributed by atoms with Crippen molar-refractivity contribution in [1.82, 2.24) is 5.32 Å². The van der Waals surface area contributed by atoms with Crippen LogP contribution >= 0.6 is 0 Å². The second-order valence-corrected chi connectivity index (χ2v) is 6.92. The van der Waals surface area contributed by atoms with Gasteiger partial charge in [-0.3, -0.25) is 4.79 Å². The molecular weight excluding hydrogens is 240 g/mol. The van der Waals surface area contributed by atoms with E-state index in [9.17, 15) is 4.79 Å². The molecule has 0 spiro atoms. The second kappa shape index (κ2) is 7.85. The smallest absolute Gasteiger partial charge is 0.220 e. The predicted octanol–water partition coefficient (Wildman–Crippen LogP) is 2.32. The highest BCUT2D eigenvalue weighted by Gasteiger charge is 2.24. The fraction of sp³-hybridized carbons (Fsp3) is 0.933. The molecular formula is C15H32N2O2. The molecule has 0 saturated heterocycles. The van der Waals surface area contributed by atoms with Crippen LogP contribution in [0.5, 0.6) is 0 Å². The van der Waals surface area contributed by atoms with Crippen molar-refractivity contribution in [2.45, 2.75) is 59.5 Å². The fourth-order valence-electron chi connectivity index (χ4n) is 1.99. The second-order valence-electron chi connectivity index (χ2n) is 6.92. The van der Waals surface area contributed by atoms with Crippen LogP contribution in [0.3, 0.4) is 0 Å². The lowest BCUT2D eigenvalue weighted by Gasteiger charge is -2.30. The van der Waals surface area contributed by atoms with E-state index >= 15 is 0 Å². The minimum atomic E-state index is -0.309. The standard InChI is InChI=1S/C15H32N2O2/c1-14(2,3)12(9-10-16)7-8-13(18)17-11-15(4,5)19-6/h12H,7-11,16H2,1-6H3,(H,17,18). The zero-order valence-corrected chi connectivity index (χ0v) is 13.5. The summed E-state index contributed by atoms with van der Waals surface area (Å²) in [7, 11) is 1.66. The molecule has 0 radical (unpaired) electrons. The molecule has 4 nitrogen and oxygen atoms in total. The molecule has 0 bridgehead atoms. The molecule has 0 aromatic heterocycles. The van der Waals surface area contributed by atoms with Crippen LogP contribution in [-0.4, -0.2) is 31.7 Å². The summed E-state index contributed by atoms with van der Waals surface area (Å²) < 4.78 is 5.28. The maximum Gasteiger partial charge on any atom is 0.220 e. The first kappa shape index (κ1) is 18.4. The Labute approximate surface area is 118 Å². The maximum absolute atomic E-state index is 11.8. The molecule has 1 unspecified atom stereocenters. The highest BCUT2D eigenvalue weighted by molar-refractivity contribution is 5.75. The fourth-order valence-corrected chi connectivity index (χ4v) is 1.99. The van der Waals surface area contributed by atoms with Gasteiger partial charge >= 0.3 is 0 Å². The average molecular weight is 272 g/mol. The van der Waals surface area contributed by atoms with Crippen molar-refractivity contribution in [2.24, 2.45) is 17.1 Å². The molecule has 19 heavy (non-hydrogen) atoms. The Balaban J connectivity index is 4.13. The first-order valence-corrected chi connectivity index (χ1v) is 7.14. The van der Waals surface area contributed by atoms with Crippen molar-refractivity contribution in [3.8, 4) is 0 Å². The van der Waals surface area contributed by atoms with Gasteiger partial charge in [0.25, 0.3) is 0 Å². The van der Waals surface area contributed by atoms with Crippen LogP contribution in [0.1, 0.15) is 53.9 Å². The zero-order chi connectivity index (χ0) is 15.1. The van der Waals surface area contributed by atoms with Gasteiger partial charge in [0.05, 0.1) is 5.60 Å². The van der Waals surface area contributed by atoms with E-state index in [0.717, 1.165) is 12.8 Å². The highest BCUT2D eigenvalue weighted by atomic mass is 16.5. The topological polar surface area (TPSA) is 64.3 Å². The van der Waals surface area contributed by atoms with Crippen LogP contribution in [0.2, 0.25) is 0 Å². The number of methoxy groups -OCH3 is 1. The molecule has 1 amide bonds. The van der Waals surface area contributed by atoms with Crippen LogP contribution in [0.25, 0.3) is 0 Å². The van der Waals surface area contributed by atoms with E-state index in [1.54, 1.807) is 7.11 Å². The summed E-state index contributed by atoms with van der Waals surface area (Å²) in [6.45, 7) is 11.8. The van der Waals surface area contributed by atoms with Crippen molar-refractivity contribution in [1.29, 1.82) is 0 Å². The van der Waals surface area contributed by atoms with E-state index in [0.29, 0.717) is 25.4 Å². The first-order valence-electron chi connectivity index (χ1n) is 7.14. The summed E-state index contributed by atoms with van der Waals surface area (Å²) in [5, 5.41) is 2.93. The number of nitrogens with one attached hydrogen (secondary N) is 1. The molecule has 0 aromatic rings. The van der Waals surface area contributed by atoms with Gasteiger partial charge in [-0.05, 0) is 44.6 Å². The van der Waals surface area contributed by atoms with Gasteiger partial charge in [-0.25, -0.2) is 0 Å². The van der Waals surface area contributed by atoms with Gasteiger partial charge in [-0.2, -0.15) is 0 Å². The normalized spacial score (nSPS) is 14.3. The molecule has 114 valence electrons. The molecule has 0 aromatic carbocycles. The molecule has 0 heterocycles. The van der Waals surface area contributed by atoms with Gasteiger partial charge in [-0.1, -0.05) is 20.8 Å². The summed E-state index contributed by atoms with van der Waals surface area (Å²) in [5.74, 6) is 0.579. The van der Waals surface area contributed by atoms with Gasteiger partial charge in [0.2, 0.25) is 5.91 Å². The average Bonchev–Trinajstić information content (AvgIpc) is 2.30. The van der Waals surface area contributed by atoms with Gasteiger partial charge in [0.1, 0.15) is 0 Å². The molecule has 4 heteroatoms. The van der Waals surface area contributed by atoms with E-state index in [-0.39, 0.29) is 16.9 Å². The lowest BCUT2D eigenvalue weighted by atomic mass is 9.76. The summed E-state index contributed by atoms with van der Waals surface area (Å²) in [5.41, 5.74) is 5.54. The van der Waals surface area contributed by atoms with Gasteiger partial charge in [0.15, 0.2) is 0 Å². The van der Waals surface area contributed by atoms with Gasteiger partial charge in [0, 0.05) is 20.1 Å². The van der Waals surface area contributed by atoms with Crippen LogP contribution in [-0.2, 0) is 9.53 Å². The van der Waals surface area contributed by atoms with Crippen molar-refractivity contribution >= 4 is 5.91 Å². The number of hydrogen-bond acceptors (Lipinski definition) is 3. The highest BCUT2D eigenvalue weighted by Crippen LogP contribution is 2.31. The Bertz CT molecular complexity index is 270. The van der Waals surface area contributed by atoms with Crippen molar-refractivity contribution < 1.29 is 9.53 Å². The Morgan fingerprint density at radius 1 is 1.21 bits per heavy atom. The summed E-state index contributed by atoms with van der Waals surface area (Å²) in [4.78, 5) is 11.8.